The second-order valence-corrected chi connectivity index (χ2v) is 5.80. The van der Waals surface area contributed by atoms with Crippen LogP contribution in [0.4, 0.5) is 0 Å². The molecule has 0 aromatic heterocycles. The van der Waals surface area contributed by atoms with E-state index in [0.29, 0.717) is 0 Å². The van der Waals surface area contributed by atoms with Crippen molar-refractivity contribution in [1.82, 2.24) is 10.6 Å². The number of unbranched alkanes of at least 4 members (excludes halogenated alkanes) is 1. The Hall–Kier alpha value is -0.360. The van der Waals surface area contributed by atoms with Gasteiger partial charge in [0, 0.05) is 24.6 Å². The Morgan fingerprint density at radius 3 is 1.75 bits per heavy atom. The lowest BCUT2D eigenvalue weighted by Crippen LogP contribution is -2.16. The van der Waals surface area contributed by atoms with Gasteiger partial charge in [-0.3, -0.25) is 9.98 Å². The minimum absolute atomic E-state index is 0.948. The van der Waals surface area contributed by atoms with E-state index in [-0.39, 0.29) is 0 Å². The third kappa shape index (κ3) is 4.25. The molecule has 90 valence electrons. The van der Waals surface area contributed by atoms with Crippen molar-refractivity contribution in [2.24, 2.45) is 9.98 Å². The molecule has 0 bridgehead atoms. The number of rotatable bonds is 5. The van der Waals surface area contributed by atoms with Crippen LogP contribution < -0.4 is 10.6 Å². The molecule has 0 amide bonds. The van der Waals surface area contributed by atoms with Gasteiger partial charge in [-0.2, -0.15) is 0 Å². The van der Waals surface area contributed by atoms with Gasteiger partial charge in [0.2, 0.25) is 0 Å². The Labute approximate surface area is 105 Å². The van der Waals surface area contributed by atoms with Crippen LogP contribution in [0.1, 0.15) is 12.8 Å². The standard InChI is InChI=1S/C10H18N4S2/c1(7-15-9-11-3-4-12-9)2-8-16-10-13-5-6-14-10/h1-8H2,(H,11,12)(H,13,14). The van der Waals surface area contributed by atoms with Crippen molar-refractivity contribution in [3.8, 4) is 0 Å². The molecular weight excluding hydrogens is 240 g/mol. The van der Waals surface area contributed by atoms with E-state index in [1.807, 2.05) is 23.5 Å². The Morgan fingerprint density at radius 2 is 1.38 bits per heavy atom. The zero-order valence-corrected chi connectivity index (χ0v) is 11.0. The molecule has 2 aliphatic heterocycles. The van der Waals surface area contributed by atoms with E-state index in [1.165, 1.54) is 24.3 Å². The molecule has 2 heterocycles. The van der Waals surface area contributed by atoms with Crippen LogP contribution >= 0.6 is 23.5 Å². The molecule has 0 aliphatic carbocycles. The van der Waals surface area contributed by atoms with Crippen molar-refractivity contribution >= 4 is 33.9 Å². The Kier molecular flexibility index (Phi) is 5.34. The van der Waals surface area contributed by atoms with Crippen LogP contribution in [0, 0.1) is 0 Å². The van der Waals surface area contributed by atoms with Gasteiger partial charge in [0.15, 0.2) is 10.3 Å². The lowest BCUT2D eigenvalue weighted by molar-refractivity contribution is 0.909. The summed E-state index contributed by atoms with van der Waals surface area (Å²) in [7, 11) is 0. The summed E-state index contributed by atoms with van der Waals surface area (Å²) in [5.74, 6) is 2.35. The fourth-order valence-electron chi connectivity index (χ4n) is 1.49. The number of thioether (sulfide) groups is 2. The summed E-state index contributed by atoms with van der Waals surface area (Å²) >= 11 is 3.70. The quantitative estimate of drug-likeness (QED) is 0.726. The summed E-state index contributed by atoms with van der Waals surface area (Å²) in [4.78, 5) is 8.70. The number of nitrogens with one attached hydrogen (secondary N) is 2. The predicted octanol–water partition coefficient (Wildman–Crippen LogP) is 1.15. The summed E-state index contributed by atoms with van der Waals surface area (Å²) in [5.41, 5.74) is 0. The summed E-state index contributed by atoms with van der Waals surface area (Å²) < 4.78 is 0. The van der Waals surface area contributed by atoms with Gasteiger partial charge in [0.05, 0.1) is 13.1 Å². The molecule has 6 heteroatoms. The van der Waals surface area contributed by atoms with Crippen molar-refractivity contribution in [3.63, 3.8) is 0 Å². The zero-order chi connectivity index (χ0) is 11.1. The largest absolute Gasteiger partial charge is 0.363 e. The van der Waals surface area contributed by atoms with Gasteiger partial charge in [0.1, 0.15) is 0 Å². The van der Waals surface area contributed by atoms with Gasteiger partial charge in [-0.15, -0.1) is 0 Å². The SMILES string of the molecule is C(CCSC1=NCCN1)CSC1=NCCN1. The van der Waals surface area contributed by atoms with E-state index >= 15 is 0 Å². The van der Waals surface area contributed by atoms with Crippen molar-refractivity contribution < 1.29 is 0 Å². The molecule has 0 saturated carbocycles. The van der Waals surface area contributed by atoms with Crippen LogP contribution in [0.5, 0.6) is 0 Å². The molecular formula is C10H18N4S2. The van der Waals surface area contributed by atoms with Crippen molar-refractivity contribution in [1.29, 1.82) is 0 Å². The average Bonchev–Trinajstić information content (AvgIpc) is 2.96. The van der Waals surface area contributed by atoms with Crippen LogP contribution in [-0.2, 0) is 0 Å². The number of nitrogens with zero attached hydrogens (tertiary/aromatic N) is 2. The monoisotopic (exact) mass is 258 g/mol. The van der Waals surface area contributed by atoms with E-state index in [1.54, 1.807) is 0 Å². The molecule has 0 aromatic rings. The number of amidine groups is 2. The number of hydrogen-bond donors (Lipinski definition) is 2. The highest BCUT2D eigenvalue weighted by Crippen LogP contribution is 2.12. The van der Waals surface area contributed by atoms with Crippen LogP contribution in [-0.4, -0.2) is 48.0 Å². The molecule has 4 nitrogen and oxygen atoms in total. The molecule has 16 heavy (non-hydrogen) atoms. The van der Waals surface area contributed by atoms with Gasteiger partial charge >= 0.3 is 0 Å². The van der Waals surface area contributed by atoms with Crippen LogP contribution in [0.25, 0.3) is 0 Å². The van der Waals surface area contributed by atoms with E-state index in [9.17, 15) is 0 Å². The smallest absolute Gasteiger partial charge is 0.156 e. The summed E-state index contributed by atoms with van der Waals surface area (Å²) in [6.07, 6.45) is 2.51. The molecule has 0 atom stereocenters. The first-order valence-electron chi connectivity index (χ1n) is 5.77. The topological polar surface area (TPSA) is 48.8 Å². The minimum atomic E-state index is 0.948. The summed E-state index contributed by atoms with van der Waals surface area (Å²) in [6.45, 7) is 3.93. The predicted molar refractivity (Wildman–Crippen MR) is 74.8 cm³/mol. The van der Waals surface area contributed by atoms with Crippen LogP contribution in [0.3, 0.4) is 0 Å². The maximum absolute atomic E-state index is 4.35. The van der Waals surface area contributed by atoms with Crippen LogP contribution in [0.15, 0.2) is 9.98 Å². The third-order valence-electron chi connectivity index (χ3n) is 2.30. The van der Waals surface area contributed by atoms with Gasteiger partial charge < -0.3 is 10.6 Å². The lowest BCUT2D eigenvalue weighted by atomic mass is 10.4. The lowest BCUT2D eigenvalue weighted by Gasteiger charge is -2.03. The van der Waals surface area contributed by atoms with E-state index in [0.717, 1.165) is 36.5 Å². The fourth-order valence-corrected chi connectivity index (χ4v) is 3.34. The highest BCUT2D eigenvalue weighted by atomic mass is 32.2. The highest BCUT2D eigenvalue weighted by Gasteiger charge is 2.06. The van der Waals surface area contributed by atoms with Gasteiger partial charge in [-0.25, -0.2) is 0 Å². The maximum Gasteiger partial charge on any atom is 0.156 e. The number of hydrogen-bond acceptors (Lipinski definition) is 6. The summed E-state index contributed by atoms with van der Waals surface area (Å²) in [6, 6.07) is 0. The van der Waals surface area contributed by atoms with E-state index < -0.39 is 0 Å². The average molecular weight is 258 g/mol. The third-order valence-corrected chi connectivity index (χ3v) is 4.38. The number of aliphatic imine (C=N–C) groups is 2. The molecule has 0 fully saturated rings. The maximum atomic E-state index is 4.35. The van der Waals surface area contributed by atoms with Gasteiger partial charge in [-0.05, 0) is 12.8 Å². The van der Waals surface area contributed by atoms with Crippen molar-refractivity contribution in [3.05, 3.63) is 0 Å². The van der Waals surface area contributed by atoms with Crippen LogP contribution in [0.2, 0.25) is 0 Å². The zero-order valence-electron chi connectivity index (χ0n) is 9.37. The molecule has 0 aromatic carbocycles. The van der Waals surface area contributed by atoms with Gasteiger partial charge in [0.25, 0.3) is 0 Å². The highest BCUT2D eigenvalue weighted by molar-refractivity contribution is 8.14. The molecule has 2 aliphatic rings. The van der Waals surface area contributed by atoms with Crippen molar-refractivity contribution in [2.45, 2.75) is 12.8 Å². The molecule has 0 spiro atoms. The molecule has 0 saturated heterocycles. The Bertz CT molecular complexity index is 250. The molecule has 0 unspecified atom stereocenters. The summed E-state index contributed by atoms with van der Waals surface area (Å²) in [5, 5.41) is 8.81. The normalized spacial score (nSPS) is 19.0. The molecule has 2 N–H and O–H groups in total. The van der Waals surface area contributed by atoms with Crippen molar-refractivity contribution in [2.75, 3.05) is 37.7 Å². The Morgan fingerprint density at radius 1 is 0.875 bits per heavy atom. The van der Waals surface area contributed by atoms with Gasteiger partial charge in [-0.1, -0.05) is 23.5 Å². The minimum Gasteiger partial charge on any atom is -0.363 e. The Balaban J connectivity index is 1.43. The fraction of sp³-hybridized carbons (Fsp3) is 0.800. The van der Waals surface area contributed by atoms with E-state index in [2.05, 4.69) is 20.6 Å². The first-order chi connectivity index (χ1) is 7.95. The second-order valence-electron chi connectivity index (χ2n) is 3.63. The second kappa shape index (κ2) is 7.06. The molecule has 2 rings (SSSR count). The first kappa shape index (κ1) is 12.1. The molecule has 0 radical (unpaired) electrons. The van der Waals surface area contributed by atoms with E-state index in [4.69, 9.17) is 0 Å². The first-order valence-corrected chi connectivity index (χ1v) is 7.74.